The summed E-state index contributed by atoms with van der Waals surface area (Å²) in [7, 11) is 0. The van der Waals surface area contributed by atoms with Crippen LogP contribution in [-0.4, -0.2) is 30.9 Å². The Morgan fingerprint density at radius 1 is 1.37 bits per heavy atom. The van der Waals surface area contributed by atoms with Gasteiger partial charge >= 0.3 is 0 Å². The van der Waals surface area contributed by atoms with Gasteiger partial charge in [0.25, 0.3) is 0 Å². The zero-order valence-electron chi connectivity index (χ0n) is 12.6. The van der Waals surface area contributed by atoms with E-state index in [9.17, 15) is 0 Å². The van der Waals surface area contributed by atoms with Crippen LogP contribution in [0.4, 0.5) is 5.69 Å². The second kappa shape index (κ2) is 6.19. The molecule has 1 aliphatic heterocycles. The molecule has 0 aliphatic carbocycles. The largest absolute Gasteiger partial charge is 0.365 e. The van der Waals surface area contributed by atoms with E-state index in [0.717, 1.165) is 13.1 Å². The van der Waals surface area contributed by atoms with Crippen LogP contribution in [0.2, 0.25) is 0 Å². The lowest BCUT2D eigenvalue weighted by molar-refractivity contribution is 0.275. The third kappa shape index (κ3) is 3.09. The number of thioether (sulfide) groups is 1. The van der Waals surface area contributed by atoms with E-state index in [1.54, 1.807) is 0 Å². The Kier molecular flexibility index (Phi) is 4.80. The second-order valence-corrected chi connectivity index (χ2v) is 6.51. The number of anilines is 1. The Hall–Kier alpha value is -0.670. The Morgan fingerprint density at radius 3 is 2.74 bits per heavy atom. The molecule has 106 valence electrons. The van der Waals surface area contributed by atoms with Gasteiger partial charge in [0.05, 0.1) is 5.69 Å². The van der Waals surface area contributed by atoms with Gasteiger partial charge < -0.3 is 10.2 Å². The van der Waals surface area contributed by atoms with Crippen LogP contribution in [0.15, 0.2) is 29.2 Å². The average Bonchev–Trinajstić information content (AvgIpc) is 2.47. The van der Waals surface area contributed by atoms with Crippen molar-refractivity contribution in [1.29, 1.82) is 0 Å². The number of hydrogen-bond donors (Lipinski definition) is 1. The highest BCUT2D eigenvalue weighted by molar-refractivity contribution is 7.98. The summed E-state index contributed by atoms with van der Waals surface area (Å²) in [6, 6.07) is 9.41. The minimum absolute atomic E-state index is 0.233. The lowest BCUT2D eigenvalue weighted by atomic mass is 9.92. The van der Waals surface area contributed by atoms with Gasteiger partial charge in [0, 0.05) is 29.6 Å². The minimum Gasteiger partial charge on any atom is -0.365 e. The molecule has 19 heavy (non-hydrogen) atoms. The molecular formula is C16H26N2S. The molecule has 1 aromatic carbocycles. The third-order valence-electron chi connectivity index (χ3n) is 4.37. The average molecular weight is 278 g/mol. The maximum atomic E-state index is 3.73. The zero-order valence-corrected chi connectivity index (χ0v) is 13.4. The van der Waals surface area contributed by atoms with Crippen LogP contribution in [-0.2, 0) is 0 Å². The molecule has 0 radical (unpaired) electrons. The van der Waals surface area contributed by atoms with Crippen molar-refractivity contribution in [1.82, 2.24) is 5.32 Å². The number of benzene rings is 1. The van der Waals surface area contributed by atoms with Crippen LogP contribution >= 0.6 is 11.8 Å². The number of piperazine rings is 1. The molecule has 0 amide bonds. The number of para-hydroxylation sites is 1. The highest BCUT2D eigenvalue weighted by Gasteiger charge is 2.34. The first-order valence-corrected chi connectivity index (χ1v) is 8.50. The topological polar surface area (TPSA) is 15.3 Å². The van der Waals surface area contributed by atoms with Crippen LogP contribution in [0.3, 0.4) is 0 Å². The van der Waals surface area contributed by atoms with Gasteiger partial charge in [0.15, 0.2) is 0 Å². The first-order valence-electron chi connectivity index (χ1n) is 7.28. The van der Waals surface area contributed by atoms with Gasteiger partial charge in [0.2, 0.25) is 0 Å². The van der Waals surface area contributed by atoms with Gasteiger partial charge in [-0.25, -0.2) is 0 Å². The fourth-order valence-electron chi connectivity index (χ4n) is 2.79. The Morgan fingerprint density at radius 2 is 2.11 bits per heavy atom. The van der Waals surface area contributed by atoms with Crippen LogP contribution in [0, 0.1) is 0 Å². The quantitative estimate of drug-likeness (QED) is 0.844. The molecule has 0 spiro atoms. The number of nitrogens with one attached hydrogen (secondary N) is 1. The standard InChI is InChI=1S/C16H26N2S/c1-5-13-11-17-16(3,6-2)12-18(13)14-9-7-8-10-15(14)19-4/h7-10,13,17H,5-6,11-12H2,1-4H3. The number of nitrogens with zero attached hydrogens (tertiary/aromatic N) is 1. The predicted molar refractivity (Wildman–Crippen MR) is 86.3 cm³/mol. The molecule has 1 saturated heterocycles. The molecule has 1 heterocycles. The van der Waals surface area contributed by atoms with Crippen molar-refractivity contribution < 1.29 is 0 Å². The van der Waals surface area contributed by atoms with E-state index in [4.69, 9.17) is 0 Å². The monoisotopic (exact) mass is 278 g/mol. The minimum atomic E-state index is 0.233. The molecule has 0 bridgehead atoms. The molecule has 1 aromatic rings. The smallest absolute Gasteiger partial charge is 0.0507 e. The van der Waals surface area contributed by atoms with Gasteiger partial charge in [-0.05, 0) is 38.2 Å². The van der Waals surface area contributed by atoms with Crippen molar-refractivity contribution in [2.75, 3.05) is 24.2 Å². The second-order valence-electron chi connectivity index (χ2n) is 5.66. The van der Waals surface area contributed by atoms with Crippen molar-refractivity contribution >= 4 is 17.4 Å². The van der Waals surface area contributed by atoms with Crippen molar-refractivity contribution in [3.05, 3.63) is 24.3 Å². The molecule has 2 atom stereocenters. The lowest BCUT2D eigenvalue weighted by Crippen LogP contribution is -2.62. The summed E-state index contributed by atoms with van der Waals surface area (Å²) < 4.78 is 0. The van der Waals surface area contributed by atoms with Crippen LogP contribution < -0.4 is 10.2 Å². The highest BCUT2D eigenvalue weighted by atomic mass is 32.2. The summed E-state index contributed by atoms with van der Waals surface area (Å²) in [5.41, 5.74) is 1.64. The van der Waals surface area contributed by atoms with E-state index in [-0.39, 0.29) is 5.54 Å². The normalized spacial score (nSPS) is 27.6. The Labute approximate surface area is 122 Å². The molecule has 3 heteroatoms. The fourth-order valence-corrected chi connectivity index (χ4v) is 3.39. The summed E-state index contributed by atoms with van der Waals surface area (Å²) in [4.78, 5) is 4.01. The SMILES string of the molecule is CCC1CNC(C)(CC)CN1c1ccccc1SC. The molecule has 1 N–H and O–H groups in total. The summed E-state index contributed by atoms with van der Waals surface area (Å²) in [5.74, 6) is 0. The molecule has 0 aromatic heterocycles. The van der Waals surface area contributed by atoms with Gasteiger partial charge in [-0.15, -0.1) is 11.8 Å². The highest BCUT2D eigenvalue weighted by Crippen LogP contribution is 2.33. The summed E-state index contributed by atoms with van der Waals surface area (Å²) in [6.07, 6.45) is 4.53. The summed E-state index contributed by atoms with van der Waals surface area (Å²) in [5, 5.41) is 3.73. The van der Waals surface area contributed by atoms with Crippen molar-refractivity contribution in [3.63, 3.8) is 0 Å². The van der Waals surface area contributed by atoms with E-state index in [2.05, 4.69) is 61.5 Å². The van der Waals surface area contributed by atoms with Gasteiger partial charge in [0.1, 0.15) is 0 Å². The van der Waals surface area contributed by atoms with E-state index >= 15 is 0 Å². The van der Waals surface area contributed by atoms with E-state index in [1.807, 2.05) is 11.8 Å². The molecule has 2 nitrogen and oxygen atoms in total. The molecule has 2 rings (SSSR count). The van der Waals surface area contributed by atoms with E-state index in [0.29, 0.717) is 6.04 Å². The van der Waals surface area contributed by atoms with E-state index < -0.39 is 0 Å². The van der Waals surface area contributed by atoms with Crippen LogP contribution in [0.5, 0.6) is 0 Å². The third-order valence-corrected chi connectivity index (χ3v) is 5.16. The van der Waals surface area contributed by atoms with Crippen molar-refractivity contribution in [2.24, 2.45) is 0 Å². The summed E-state index contributed by atoms with van der Waals surface area (Å²) >= 11 is 1.85. The molecule has 1 fully saturated rings. The first kappa shape index (κ1) is 14.7. The molecule has 1 aliphatic rings. The maximum absolute atomic E-state index is 3.73. The van der Waals surface area contributed by atoms with Crippen molar-refractivity contribution in [2.45, 2.75) is 50.1 Å². The van der Waals surface area contributed by atoms with Gasteiger partial charge in [-0.2, -0.15) is 0 Å². The Bertz CT molecular complexity index is 421. The summed E-state index contributed by atoms with van der Waals surface area (Å²) in [6.45, 7) is 9.09. The zero-order chi connectivity index (χ0) is 13.9. The first-order chi connectivity index (χ1) is 9.13. The number of hydrogen-bond acceptors (Lipinski definition) is 3. The van der Waals surface area contributed by atoms with Gasteiger partial charge in [-0.3, -0.25) is 0 Å². The molecule has 2 unspecified atom stereocenters. The van der Waals surface area contributed by atoms with Crippen molar-refractivity contribution in [3.8, 4) is 0 Å². The molecule has 0 saturated carbocycles. The molecular weight excluding hydrogens is 252 g/mol. The Balaban J connectivity index is 2.32. The number of rotatable bonds is 4. The lowest BCUT2D eigenvalue weighted by Gasteiger charge is -2.47. The van der Waals surface area contributed by atoms with Crippen LogP contribution in [0.25, 0.3) is 0 Å². The fraction of sp³-hybridized carbons (Fsp3) is 0.625. The van der Waals surface area contributed by atoms with Gasteiger partial charge in [-0.1, -0.05) is 26.0 Å². The van der Waals surface area contributed by atoms with Crippen LogP contribution in [0.1, 0.15) is 33.6 Å². The predicted octanol–water partition coefficient (Wildman–Crippen LogP) is 3.77. The maximum Gasteiger partial charge on any atom is 0.0507 e. The van der Waals surface area contributed by atoms with E-state index in [1.165, 1.54) is 23.4 Å².